The van der Waals surface area contributed by atoms with Gasteiger partial charge in [0.05, 0.1) is 17.9 Å². The first-order chi connectivity index (χ1) is 11.8. The molecule has 9 nitrogen and oxygen atoms in total. The van der Waals surface area contributed by atoms with Crippen LogP contribution in [0.1, 0.15) is 24.6 Å². The summed E-state index contributed by atoms with van der Waals surface area (Å²) in [5.41, 5.74) is 1.11. The lowest BCUT2D eigenvalue weighted by molar-refractivity contribution is 0.103. The largest absolute Gasteiger partial charge is 0.298 e. The molecule has 2 atom stereocenters. The summed E-state index contributed by atoms with van der Waals surface area (Å²) in [4.78, 5) is 2.29. The van der Waals surface area contributed by atoms with E-state index in [2.05, 4.69) is 27.4 Å². The summed E-state index contributed by atoms with van der Waals surface area (Å²) in [5, 5.41) is 11.8. The smallest absolute Gasteiger partial charge is 0.261 e. The molecule has 138 valence electrons. The van der Waals surface area contributed by atoms with Gasteiger partial charge in [-0.15, -0.1) is 5.10 Å². The van der Waals surface area contributed by atoms with E-state index in [0.717, 1.165) is 25.1 Å². The Labute approximate surface area is 148 Å². The second-order valence-electron chi connectivity index (χ2n) is 6.69. The van der Waals surface area contributed by atoms with Crippen molar-refractivity contribution in [2.45, 2.75) is 23.9 Å². The highest BCUT2D eigenvalue weighted by Crippen LogP contribution is 2.35. The summed E-state index contributed by atoms with van der Waals surface area (Å²) < 4.78 is 30.2. The van der Waals surface area contributed by atoms with Gasteiger partial charge in [0.1, 0.15) is 0 Å². The van der Waals surface area contributed by atoms with Crippen molar-refractivity contribution >= 4 is 10.0 Å². The third-order valence-corrected chi connectivity index (χ3v) is 6.88. The molecule has 0 bridgehead atoms. The Morgan fingerprint density at radius 3 is 2.64 bits per heavy atom. The van der Waals surface area contributed by atoms with E-state index in [1.54, 1.807) is 20.3 Å². The quantitative estimate of drug-likeness (QED) is 0.753. The van der Waals surface area contributed by atoms with Gasteiger partial charge in [-0.25, -0.2) is 13.1 Å². The zero-order chi connectivity index (χ0) is 18.2. The molecule has 1 saturated heterocycles. The number of aryl methyl sites for hydroxylation is 2. The third kappa shape index (κ3) is 3.33. The van der Waals surface area contributed by atoms with Crippen molar-refractivity contribution < 1.29 is 8.42 Å². The molecule has 3 heterocycles. The maximum atomic E-state index is 12.8. The maximum Gasteiger partial charge on any atom is 0.261 e. The van der Waals surface area contributed by atoms with Crippen LogP contribution < -0.4 is 0 Å². The first kappa shape index (κ1) is 18.0. The van der Waals surface area contributed by atoms with Crippen LogP contribution in [0.5, 0.6) is 0 Å². The number of rotatable bonds is 5. The van der Waals surface area contributed by atoms with Gasteiger partial charge in [-0.3, -0.25) is 9.58 Å². The molecule has 25 heavy (non-hydrogen) atoms. The Hall–Kier alpha value is -1.78. The molecule has 3 rings (SSSR count). The molecule has 0 N–H and O–H groups in total. The van der Waals surface area contributed by atoms with Crippen molar-refractivity contribution in [3.05, 3.63) is 24.2 Å². The van der Waals surface area contributed by atoms with Gasteiger partial charge >= 0.3 is 0 Å². The number of aromatic nitrogens is 5. The Morgan fingerprint density at radius 2 is 2.04 bits per heavy atom. The maximum absolute atomic E-state index is 12.8. The van der Waals surface area contributed by atoms with E-state index in [1.807, 2.05) is 17.8 Å². The van der Waals surface area contributed by atoms with Crippen LogP contribution in [0.15, 0.2) is 23.5 Å². The van der Waals surface area contributed by atoms with Gasteiger partial charge in [0.15, 0.2) is 5.03 Å². The predicted octanol–water partition coefficient (Wildman–Crippen LogP) is 0.252. The summed E-state index contributed by atoms with van der Waals surface area (Å²) in [5.74, 6) is 0.190. The van der Waals surface area contributed by atoms with E-state index >= 15 is 0 Å². The lowest BCUT2D eigenvalue weighted by Gasteiger charge is -2.40. The van der Waals surface area contributed by atoms with Crippen LogP contribution in [0.3, 0.4) is 0 Å². The lowest BCUT2D eigenvalue weighted by Crippen LogP contribution is -2.43. The van der Waals surface area contributed by atoms with Crippen LogP contribution in [0.2, 0.25) is 0 Å². The Bertz CT molecular complexity index is 829. The molecular formula is C15H25N7O2S. The highest BCUT2D eigenvalue weighted by Gasteiger charge is 2.36. The molecule has 1 aliphatic heterocycles. The van der Waals surface area contributed by atoms with E-state index in [9.17, 15) is 8.42 Å². The van der Waals surface area contributed by atoms with Gasteiger partial charge in [-0.2, -0.15) is 9.40 Å². The number of nitrogens with zero attached hydrogens (tertiary/aromatic N) is 7. The molecule has 2 aromatic heterocycles. The highest BCUT2D eigenvalue weighted by molar-refractivity contribution is 7.89. The van der Waals surface area contributed by atoms with E-state index < -0.39 is 10.0 Å². The van der Waals surface area contributed by atoms with Crippen LogP contribution >= 0.6 is 0 Å². The summed E-state index contributed by atoms with van der Waals surface area (Å²) in [6, 6.07) is 2.16. The zero-order valence-corrected chi connectivity index (χ0v) is 15.9. The van der Waals surface area contributed by atoms with Gasteiger partial charge in [0.25, 0.3) is 10.0 Å². The number of likely N-dealkylation sites (tertiary alicyclic amines) is 1. The SMILES string of the molecule is CN1CCC[C@@H](CN(C)S(=O)(=O)c2cnnn2C)[C@@H]1c1ccnn1C. The molecule has 1 aliphatic rings. The van der Waals surface area contributed by atoms with Crippen LogP contribution in [-0.2, 0) is 24.1 Å². The Kier molecular flexibility index (Phi) is 4.94. The minimum absolute atomic E-state index is 0.108. The van der Waals surface area contributed by atoms with Gasteiger partial charge in [-0.05, 0) is 38.4 Å². The second-order valence-corrected chi connectivity index (χ2v) is 8.68. The summed E-state index contributed by atoms with van der Waals surface area (Å²) in [6.07, 6.45) is 5.11. The molecular weight excluding hydrogens is 342 g/mol. The molecule has 0 saturated carbocycles. The first-order valence-corrected chi connectivity index (χ1v) is 9.75. The molecule has 0 unspecified atom stereocenters. The fraction of sp³-hybridized carbons (Fsp3) is 0.667. The number of piperidine rings is 1. The normalized spacial score (nSPS) is 22.6. The second kappa shape index (κ2) is 6.85. The molecule has 10 heteroatoms. The van der Waals surface area contributed by atoms with Gasteiger partial charge in [-0.1, -0.05) is 5.21 Å². The third-order valence-electron chi connectivity index (χ3n) is 5.01. The average molecular weight is 367 g/mol. The van der Waals surface area contributed by atoms with Crippen LogP contribution in [0, 0.1) is 5.92 Å². The standard InChI is InChI=1S/C15H25N7O2S/c1-19-9-5-6-12(15(19)13-7-8-17-21(13)3)11-20(2)25(23,24)14-10-16-18-22(14)4/h7-8,10,12,15H,5-6,9,11H2,1-4H3/t12-,15+/m0/s1. The Morgan fingerprint density at radius 1 is 1.28 bits per heavy atom. The van der Waals surface area contributed by atoms with Crippen molar-refractivity contribution in [1.82, 2.24) is 34.0 Å². The molecule has 0 aromatic carbocycles. The molecule has 0 spiro atoms. The van der Waals surface area contributed by atoms with Crippen molar-refractivity contribution in [2.75, 3.05) is 27.2 Å². The van der Waals surface area contributed by atoms with Crippen molar-refractivity contribution in [1.29, 1.82) is 0 Å². The van der Waals surface area contributed by atoms with E-state index in [1.165, 1.54) is 15.2 Å². The fourth-order valence-corrected chi connectivity index (χ4v) is 4.95. The zero-order valence-electron chi connectivity index (χ0n) is 15.1. The van der Waals surface area contributed by atoms with Gasteiger partial charge in [0, 0.05) is 33.9 Å². The lowest BCUT2D eigenvalue weighted by atomic mass is 9.87. The van der Waals surface area contributed by atoms with E-state index in [4.69, 9.17) is 0 Å². The number of hydrogen-bond acceptors (Lipinski definition) is 6. The summed E-state index contributed by atoms with van der Waals surface area (Å²) in [6.45, 7) is 1.43. The van der Waals surface area contributed by atoms with Crippen LogP contribution in [-0.4, -0.2) is 69.6 Å². The first-order valence-electron chi connectivity index (χ1n) is 8.31. The molecule has 2 aromatic rings. The van der Waals surface area contributed by atoms with Gasteiger partial charge in [0.2, 0.25) is 0 Å². The van der Waals surface area contributed by atoms with Crippen LogP contribution in [0.4, 0.5) is 0 Å². The van der Waals surface area contributed by atoms with Gasteiger partial charge < -0.3 is 0 Å². The molecule has 0 aliphatic carbocycles. The predicted molar refractivity (Wildman–Crippen MR) is 92.1 cm³/mol. The van der Waals surface area contributed by atoms with Crippen molar-refractivity contribution in [2.24, 2.45) is 20.0 Å². The molecule has 0 radical (unpaired) electrons. The van der Waals surface area contributed by atoms with Crippen molar-refractivity contribution in [3.63, 3.8) is 0 Å². The number of hydrogen-bond donors (Lipinski definition) is 0. The van der Waals surface area contributed by atoms with E-state index in [0.29, 0.717) is 6.54 Å². The minimum atomic E-state index is -3.62. The molecule has 1 fully saturated rings. The average Bonchev–Trinajstić information content (AvgIpc) is 3.16. The minimum Gasteiger partial charge on any atom is -0.298 e. The summed E-state index contributed by atoms with van der Waals surface area (Å²) in [7, 11) is 3.60. The Balaban J connectivity index is 1.85. The van der Waals surface area contributed by atoms with E-state index in [-0.39, 0.29) is 17.0 Å². The highest BCUT2D eigenvalue weighted by atomic mass is 32.2. The van der Waals surface area contributed by atoms with Crippen molar-refractivity contribution in [3.8, 4) is 0 Å². The topological polar surface area (TPSA) is 89.2 Å². The van der Waals surface area contributed by atoms with Crippen LogP contribution in [0.25, 0.3) is 0 Å². The molecule has 0 amide bonds. The fourth-order valence-electron chi connectivity index (χ4n) is 3.69. The number of sulfonamides is 1. The summed E-state index contributed by atoms with van der Waals surface area (Å²) >= 11 is 0. The monoisotopic (exact) mass is 367 g/mol.